The lowest BCUT2D eigenvalue weighted by Gasteiger charge is -2.48. The molecule has 3 rings (SSSR count). The van der Waals surface area contributed by atoms with E-state index in [2.05, 4.69) is 0 Å². The van der Waals surface area contributed by atoms with Crippen LogP contribution in [0.15, 0.2) is 23.0 Å². The molecule has 2 fully saturated rings. The summed E-state index contributed by atoms with van der Waals surface area (Å²) in [5.41, 5.74) is 0.874. The molecule has 0 aromatic carbocycles. The minimum absolute atomic E-state index is 0.0529. The Morgan fingerprint density at radius 1 is 1.19 bits per heavy atom. The zero-order valence-electron chi connectivity index (χ0n) is 15.9. The number of carbonyl (C=O) groups is 2. The molecule has 1 atom stereocenters. The number of amides is 2. The number of hydrogen-bond acceptors (Lipinski definition) is 3. The van der Waals surface area contributed by atoms with Gasteiger partial charge in [-0.3, -0.25) is 14.4 Å². The lowest BCUT2D eigenvalue weighted by atomic mass is 9.73. The van der Waals surface area contributed by atoms with E-state index in [1.54, 1.807) is 10.6 Å². The number of piperidine rings is 2. The van der Waals surface area contributed by atoms with E-state index in [0.717, 1.165) is 51.1 Å². The van der Waals surface area contributed by atoms with Gasteiger partial charge in [-0.05, 0) is 39.2 Å². The summed E-state index contributed by atoms with van der Waals surface area (Å²) < 4.78 is 1.66. The monoisotopic (exact) mass is 359 g/mol. The zero-order valence-corrected chi connectivity index (χ0v) is 15.9. The van der Waals surface area contributed by atoms with E-state index in [1.807, 2.05) is 29.7 Å². The van der Waals surface area contributed by atoms with Gasteiger partial charge >= 0.3 is 0 Å². The van der Waals surface area contributed by atoms with Crippen molar-refractivity contribution in [1.29, 1.82) is 0 Å². The minimum atomic E-state index is -0.0581. The number of aromatic nitrogens is 1. The Hall–Kier alpha value is -2.11. The first-order valence-electron chi connectivity index (χ1n) is 9.66. The second-order valence-corrected chi connectivity index (χ2v) is 7.73. The highest BCUT2D eigenvalue weighted by Gasteiger charge is 2.42. The molecule has 1 unspecified atom stereocenters. The van der Waals surface area contributed by atoms with Gasteiger partial charge in [0.05, 0.1) is 0 Å². The van der Waals surface area contributed by atoms with Crippen LogP contribution in [0.25, 0.3) is 0 Å². The molecule has 0 radical (unpaired) electrons. The molecule has 0 saturated carbocycles. The summed E-state index contributed by atoms with van der Waals surface area (Å²) >= 11 is 0. The highest BCUT2D eigenvalue weighted by atomic mass is 16.2. The fourth-order valence-electron chi connectivity index (χ4n) is 4.42. The summed E-state index contributed by atoms with van der Waals surface area (Å²) in [6.45, 7) is 7.35. The number of rotatable bonds is 4. The predicted molar refractivity (Wildman–Crippen MR) is 99.8 cm³/mol. The van der Waals surface area contributed by atoms with Crippen molar-refractivity contribution in [2.75, 3.05) is 26.2 Å². The van der Waals surface area contributed by atoms with E-state index in [9.17, 15) is 14.4 Å². The van der Waals surface area contributed by atoms with Crippen LogP contribution in [0.4, 0.5) is 0 Å². The van der Waals surface area contributed by atoms with E-state index in [4.69, 9.17) is 0 Å². The second kappa shape index (κ2) is 7.64. The first-order chi connectivity index (χ1) is 12.4. The molecule has 1 aromatic heterocycles. The van der Waals surface area contributed by atoms with Crippen molar-refractivity contribution in [1.82, 2.24) is 14.4 Å². The first-order valence-corrected chi connectivity index (χ1v) is 9.66. The Kier molecular flexibility index (Phi) is 5.49. The number of pyridine rings is 1. The third kappa shape index (κ3) is 3.84. The third-order valence-electron chi connectivity index (χ3n) is 5.96. The van der Waals surface area contributed by atoms with Gasteiger partial charge in [0.2, 0.25) is 11.8 Å². The van der Waals surface area contributed by atoms with E-state index in [1.165, 1.54) is 6.07 Å². The SMILES string of the molecule is CCN1CC2(CCCN(C(=O)CCn3c(C)cccc3=O)C2)CCC1=O. The van der Waals surface area contributed by atoms with E-state index in [0.29, 0.717) is 19.4 Å². The van der Waals surface area contributed by atoms with Crippen molar-refractivity contribution in [3.05, 3.63) is 34.2 Å². The van der Waals surface area contributed by atoms with Crippen LogP contribution in [-0.2, 0) is 16.1 Å². The standard InChI is InChI=1S/C20H29N3O3/c1-3-21-14-20(11-8-17(21)24)10-5-12-22(15-20)18(25)9-13-23-16(2)6-4-7-19(23)26/h4,6-7H,3,5,8-15H2,1-2H3. The van der Waals surface area contributed by atoms with Gasteiger partial charge in [0, 0.05) is 62.7 Å². The van der Waals surface area contributed by atoms with Gasteiger partial charge in [-0.1, -0.05) is 6.07 Å². The molecular weight excluding hydrogens is 330 g/mol. The predicted octanol–water partition coefficient (Wildman–Crippen LogP) is 1.80. The summed E-state index contributed by atoms with van der Waals surface area (Å²) in [7, 11) is 0. The molecular formula is C20H29N3O3. The Labute approximate surface area is 154 Å². The molecule has 1 spiro atoms. The Morgan fingerprint density at radius 2 is 2.00 bits per heavy atom. The fraction of sp³-hybridized carbons (Fsp3) is 0.650. The van der Waals surface area contributed by atoms with Crippen molar-refractivity contribution in [2.24, 2.45) is 5.41 Å². The lowest BCUT2D eigenvalue weighted by molar-refractivity contribution is -0.142. The average molecular weight is 359 g/mol. The van der Waals surface area contributed by atoms with Gasteiger partial charge in [-0.15, -0.1) is 0 Å². The average Bonchev–Trinajstić information content (AvgIpc) is 2.63. The van der Waals surface area contributed by atoms with Crippen LogP contribution in [0.1, 0.15) is 44.7 Å². The summed E-state index contributed by atoms with van der Waals surface area (Å²) in [5, 5.41) is 0. The maximum absolute atomic E-state index is 12.8. The molecule has 2 saturated heterocycles. The number of hydrogen-bond donors (Lipinski definition) is 0. The molecule has 2 aliphatic rings. The number of carbonyl (C=O) groups excluding carboxylic acids is 2. The molecule has 0 aliphatic carbocycles. The van der Waals surface area contributed by atoms with Crippen LogP contribution in [0, 0.1) is 12.3 Å². The topological polar surface area (TPSA) is 62.6 Å². The third-order valence-corrected chi connectivity index (χ3v) is 5.96. The van der Waals surface area contributed by atoms with Crippen molar-refractivity contribution in [3.63, 3.8) is 0 Å². The van der Waals surface area contributed by atoms with Gasteiger partial charge in [0.15, 0.2) is 0 Å². The summed E-state index contributed by atoms with van der Waals surface area (Å²) in [6, 6.07) is 5.17. The zero-order chi connectivity index (χ0) is 18.7. The lowest BCUT2D eigenvalue weighted by Crippen LogP contribution is -2.55. The van der Waals surface area contributed by atoms with Crippen LogP contribution < -0.4 is 5.56 Å². The van der Waals surface area contributed by atoms with Crippen molar-refractivity contribution in [2.45, 2.75) is 52.5 Å². The van der Waals surface area contributed by atoms with Crippen LogP contribution in [0.3, 0.4) is 0 Å². The molecule has 1 aromatic rings. The quantitative estimate of drug-likeness (QED) is 0.823. The maximum atomic E-state index is 12.8. The number of likely N-dealkylation sites (tertiary alicyclic amines) is 2. The van der Waals surface area contributed by atoms with Crippen LogP contribution >= 0.6 is 0 Å². The van der Waals surface area contributed by atoms with Crippen LogP contribution in [0.2, 0.25) is 0 Å². The summed E-state index contributed by atoms with van der Waals surface area (Å²) in [5.74, 6) is 0.347. The summed E-state index contributed by atoms with van der Waals surface area (Å²) in [4.78, 5) is 40.6. The van der Waals surface area contributed by atoms with Gasteiger partial charge in [0.25, 0.3) is 5.56 Å². The van der Waals surface area contributed by atoms with Crippen molar-refractivity contribution < 1.29 is 9.59 Å². The molecule has 0 N–H and O–H groups in total. The molecule has 142 valence electrons. The highest BCUT2D eigenvalue weighted by molar-refractivity contribution is 5.78. The Balaban J connectivity index is 1.63. The van der Waals surface area contributed by atoms with Gasteiger partial charge in [-0.2, -0.15) is 0 Å². The highest BCUT2D eigenvalue weighted by Crippen LogP contribution is 2.38. The number of nitrogens with zero attached hydrogens (tertiary/aromatic N) is 3. The number of aryl methyl sites for hydroxylation is 1. The summed E-state index contributed by atoms with van der Waals surface area (Å²) in [6.07, 6.45) is 3.88. The first kappa shape index (κ1) is 18.7. The van der Waals surface area contributed by atoms with E-state index < -0.39 is 0 Å². The van der Waals surface area contributed by atoms with E-state index in [-0.39, 0.29) is 22.8 Å². The molecule has 3 heterocycles. The molecule has 26 heavy (non-hydrogen) atoms. The second-order valence-electron chi connectivity index (χ2n) is 7.73. The van der Waals surface area contributed by atoms with Crippen LogP contribution in [-0.4, -0.2) is 52.4 Å². The molecule has 6 nitrogen and oxygen atoms in total. The molecule has 0 bridgehead atoms. The largest absolute Gasteiger partial charge is 0.342 e. The normalized spacial score (nSPS) is 23.5. The molecule has 2 amide bonds. The van der Waals surface area contributed by atoms with Crippen molar-refractivity contribution in [3.8, 4) is 0 Å². The fourth-order valence-corrected chi connectivity index (χ4v) is 4.42. The van der Waals surface area contributed by atoms with Crippen molar-refractivity contribution >= 4 is 11.8 Å². The molecule has 6 heteroatoms. The van der Waals surface area contributed by atoms with Gasteiger partial charge in [0.1, 0.15) is 0 Å². The Bertz CT molecular complexity index is 742. The minimum Gasteiger partial charge on any atom is -0.342 e. The van der Waals surface area contributed by atoms with E-state index >= 15 is 0 Å². The smallest absolute Gasteiger partial charge is 0.250 e. The van der Waals surface area contributed by atoms with Gasteiger partial charge < -0.3 is 14.4 Å². The Morgan fingerprint density at radius 3 is 2.73 bits per heavy atom. The molecule has 2 aliphatic heterocycles. The van der Waals surface area contributed by atoms with Crippen LogP contribution in [0.5, 0.6) is 0 Å². The maximum Gasteiger partial charge on any atom is 0.250 e. The van der Waals surface area contributed by atoms with Gasteiger partial charge in [-0.25, -0.2) is 0 Å².